The number of hydrogen-bond acceptors (Lipinski definition) is 5. The van der Waals surface area contributed by atoms with Gasteiger partial charge in [0.2, 0.25) is 0 Å². The van der Waals surface area contributed by atoms with Crippen LogP contribution in [0.1, 0.15) is 42.9 Å². The minimum atomic E-state index is -0.785. The highest BCUT2D eigenvalue weighted by molar-refractivity contribution is 5.66. The number of nitrogens with zero attached hydrogens (tertiary/aromatic N) is 1. The quantitative estimate of drug-likeness (QED) is 0.577. The van der Waals surface area contributed by atoms with Crippen LogP contribution in [0.5, 0.6) is 5.75 Å². The molecule has 0 bridgehead atoms. The van der Waals surface area contributed by atoms with Gasteiger partial charge in [-0.3, -0.25) is 9.78 Å². The van der Waals surface area contributed by atoms with E-state index in [9.17, 15) is 4.79 Å². The zero-order valence-electron chi connectivity index (χ0n) is 17.3. The van der Waals surface area contributed by atoms with E-state index >= 15 is 0 Å². The number of ether oxygens (including phenoxy) is 3. The maximum Gasteiger partial charge on any atom is 0.303 e. The number of carboxylic acids is 1. The van der Waals surface area contributed by atoms with Crippen LogP contribution in [0.15, 0.2) is 60.9 Å². The monoisotopic (exact) mass is 411 g/mol. The molecule has 2 heterocycles. The summed E-state index contributed by atoms with van der Waals surface area (Å²) in [6, 6.07) is 11.9. The molecule has 0 aliphatic carbocycles. The molecule has 6 heteroatoms. The molecule has 1 aliphatic heterocycles. The molecule has 0 spiro atoms. The lowest BCUT2D eigenvalue weighted by atomic mass is 9.91. The fraction of sp³-hybridized carbons (Fsp3) is 0.417. The number of aromatic nitrogens is 1. The van der Waals surface area contributed by atoms with Crippen molar-refractivity contribution in [2.24, 2.45) is 5.92 Å². The van der Waals surface area contributed by atoms with E-state index in [1.165, 1.54) is 0 Å². The van der Waals surface area contributed by atoms with Gasteiger partial charge in [-0.2, -0.15) is 0 Å². The molecule has 3 rings (SSSR count). The van der Waals surface area contributed by atoms with Crippen molar-refractivity contribution in [3.63, 3.8) is 0 Å². The van der Waals surface area contributed by atoms with Crippen LogP contribution in [0.25, 0.3) is 0 Å². The number of aliphatic carboxylic acids is 1. The van der Waals surface area contributed by atoms with E-state index < -0.39 is 5.97 Å². The lowest BCUT2D eigenvalue weighted by molar-refractivity contribution is -0.240. The second-order valence-corrected chi connectivity index (χ2v) is 7.36. The van der Waals surface area contributed by atoms with Gasteiger partial charge < -0.3 is 19.3 Å². The van der Waals surface area contributed by atoms with Gasteiger partial charge in [-0.25, -0.2) is 0 Å². The summed E-state index contributed by atoms with van der Waals surface area (Å²) in [6.45, 7) is 0.573. The Morgan fingerprint density at radius 2 is 2.13 bits per heavy atom. The SMILES string of the molecule is COc1ccccc1[C@H]1O[C@@H](CCc2cccnc2)OC[C@H]1C/C=C/CCC(=O)O. The predicted octanol–water partition coefficient (Wildman–Crippen LogP) is 4.56. The van der Waals surface area contributed by atoms with Crippen LogP contribution in [-0.2, 0) is 20.7 Å². The first-order chi connectivity index (χ1) is 14.7. The topological polar surface area (TPSA) is 77.9 Å². The molecule has 3 atom stereocenters. The minimum Gasteiger partial charge on any atom is -0.496 e. The van der Waals surface area contributed by atoms with Gasteiger partial charge in [-0.1, -0.05) is 36.4 Å². The molecular weight excluding hydrogens is 382 g/mol. The molecule has 0 radical (unpaired) electrons. The van der Waals surface area contributed by atoms with Crippen molar-refractivity contribution in [1.29, 1.82) is 0 Å². The summed E-state index contributed by atoms with van der Waals surface area (Å²) in [5.74, 6) is 0.139. The van der Waals surface area contributed by atoms with Crippen molar-refractivity contribution in [2.75, 3.05) is 13.7 Å². The summed E-state index contributed by atoms with van der Waals surface area (Å²) in [6.07, 6.45) is 10.1. The molecule has 1 saturated heterocycles. The molecule has 6 nitrogen and oxygen atoms in total. The van der Waals surface area contributed by atoms with Crippen molar-refractivity contribution in [1.82, 2.24) is 4.98 Å². The molecular formula is C24H29NO5. The lowest BCUT2D eigenvalue weighted by Crippen LogP contribution is -2.35. The Bertz CT molecular complexity index is 823. The fourth-order valence-corrected chi connectivity index (χ4v) is 3.63. The number of benzene rings is 1. The molecule has 0 unspecified atom stereocenters. The standard InChI is InChI=1S/C24H29NO5/c1-28-21-11-6-5-10-20(21)24-19(9-3-2-4-12-22(26)27)17-29-23(30-24)14-13-18-8-7-15-25-16-18/h2-3,5-8,10-11,15-16,19,23-24H,4,9,12-14,17H2,1H3,(H,26,27)/b3-2+/t19-,23+,24+/m1/s1. The molecule has 0 amide bonds. The molecule has 2 aromatic rings. The summed E-state index contributed by atoms with van der Waals surface area (Å²) >= 11 is 0. The van der Waals surface area contributed by atoms with Crippen LogP contribution < -0.4 is 4.74 Å². The minimum absolute atomic E-state index is 0.122. The maximum absolute atomic E-state index is 10.7. The van der Waals surface area contributed by atoms with Gasteiger partial charge in [-0.05, 0) is 37.0 Å². The molecule has 160 valence electrons. The summed E-state index contributed by atoms with van der Waals surface area (Å²) in [4.78, 5) is 14.8. The highest BCUT2D eigenvalue weighted by atomic mass is 16.7. The van der Waals surface area contributed by atoms with Gasteiger partial charge in [0.25, 0.3) is 0 Å². The zero-order valence-corrected chi connectivity index (χ0v) is 17.3. The second-order valence-electron chi connectivity index (χ2n) is 7.36. The first-order valence-corrected chi connectivity index (χ1v) is 10.3. The highest BCUT2D eigenvalue weighted by Crippen LogP contribution is 2.39. The summed E-state index contributed by atoms with van der Waals surface area (Å²) in [7, 11) is 1.67. The Morgan fingerprint density at radius 1 is 1.27 bits per heavy atom. The summed E-state index contributed by atoms with van der Waals surface area (Å²) in [5, 5.41) is 8.78. The molecule has 1 aromatic heterocycles. The third kappa shape index (κ3) is 6.40. The smallest absolute Gasteiger partial charge is 0.303 e. The Balaban J connectivity index is 1.67. The summed E-state index contributed by atoms with van der Waals surface area (Å²) in [5.41, 5.74) is 2.17. The molecule has 1 aliphatic rings. The van der Waals surface area contributed by atoms with E-state index in [0.29, 0.717) is 13.0 Å². The van der Waals surface area contributed by atoms with Gasteiger partial charge >= 0.3 is 5.97 Å². The predicted molar refractivity (Wildman–Crippen MR) is 113 cm³/mol. The van der Waals surface area contributed by atoms with E-state index in [2.05, 4.69) is 11.1 Å². The maximum atomic E-state index is 10.7. The number of carboxylic acid groups (broad SMARTS) is 1. The third-order valence-electron chi connectivity index (χ3n) is 5.19. The lowest BCUT2D eigenvalue weighted by Gasteiger charge is -2.37. The number of para-hydroxylation sites is 1. The molecule has 30 heavy (non-hydrogen) atoms. The first kappa shape index (κ1) is 22.0. The van der Waals surface area contributed by atoms with E-state index in [-0.39, 0.29) is 24.7 Å². The number of hydrogen-bond donors (Lipinski definition) is 1. The Hall–Kier alpha value is -2.70. The zero-order chi connectivity index (χ0) is 21.2. The largest absolute Gasteiger partial charge is 0.496 e. The van der Waals surface area contributed by atoms with Crippen LogP contribution in [0.2, 0.25) is 0 Å². The Kier molecular flexibility index (Phi) is 8.41. The van der Waals surface area contributed by atoms with Crippen molar-refractivity contribution < 1.29 is 24.1 Å². The van der Waals surface area contributed by atoms with Gasteiger partial charge in [0.05, 0.1) is 19.8 Å². The van der Waals surface area contributed by atoms with Gasteiger partial charge in [0.1, 0.15) is 5.75 Å². The third-order valence-corrected chi connectivity index (χ3v) is 5.19. The van der Waals surface area contributed by atoms with Gasteiger partial charge in [0.15, 0.2) is 6.29 Å². The average Bonchev–Trinajstić information content (AvgIpc) is 2.78. The first-order valence-electron chi connectivity index (χ1n) is 10.3. The van der Waals surface area contributed by atoms with E-state index in [1.807, 2.05) is 48.7 Å². The number of methoxy groups -OCH3 is 1. The van der Waals surface area contributed by atoms with Crippen molar-refractivity contribution in [2.45, 2.75) is 44.5 Å². The van der Waals surface area contributed by atoms with Crippen LogP contribution in [0.3, 0.4) is 0 Å². The molecule has 1 aromatic carbocycles. The van der Waals surface area contributed by atoms with Crippen molar-refractivity contribution in [3.05, 3.63) is 72.1 Å². The number of allylic oxidation sites excluding steroid dienone is 2. The van der Waals surface area contributed by atoms with E-state index in [4.69, 9.17) is 19.3 Å². The molecule has 1 fully saturated rings. The molecule has 0 saturated carbocycles. The number of carbonyl (C=O) groups is 1. The van der Waals surface area contributed by atoms with Crippen LogP contribution >= 0.6 is 0 Å². The molecule has 1 N–H and O–H groups in total. The Morgan fingerprint density at radius 3 is 2.90 bits per heavy atom. The van der Waals surface area contributed by atoms with Crippen LogP contribution in [0, 0.1) is 5.92 Å². The average molecular weight is 411 g/mol. The Labute approximate surface area is 177 Å². The van der Waals surface area contributed by atoms with E-state index in [1.54, 1.807) is 13.3 Å². The number of aryl methyl sites for hydroxylation is 1. The van der Waals surface area contributed by atoms with Gasteiger partial charge in [0, 0.05) is 36.7 Å². The van der Waals surface area contributed by atoms with Gasteiger partial charge in [-0.15, -0.1) is 0 Å². The second kappa shape index (κ2) is 11.5. The van der Waals surface area contributed by atoms with Crippen LogP contribution in [0.4, 0.5) is 0 Å². The van der Waals surface area contributed by atoms with Crippen molar-refractivity contribution >= 4 is 5.97 Å². The normalized spacial score (nSPS) is 21.6. The number of pyridine rings is 1. The van der Waals surface area contributed by atoms with Crippen LogP contribution in [-0.4, -0.2) is 36.1 Å². The number of rotatable bonds is 10. The van der Waals surface area contributed by atoms with Crippen molar-refractivity contribution in [3.8, 4) is 5.75 Å². The highest BCUT2D eigenvalue weighted by Gasteiger charge is 2.33. The fourth-order valence-electron chi connectivity index (χ4n) is 3.63. The summed E-state index contributed by atoms with van der Waals surface area (Å²) < 4.78 is 18.0. The van der Waals surface area contributed by atoms with E-state index in [0.717, 1.165) is 36.1 Å².